The van der Waals surface area contributed by atoms with E-state index in [1.807, 2.05) is 12.1 Å². The molecule has 2 heteroatoms. The highest BCUT2D eigenvalue weighted by Gasteiger charge is 2.12. The average molecular weight is 225 g/mol. The van der Waals surface area contributed by atoms with Gasteiger partial charge < -0.3 is 4.43 Å². The van der Waals surface area contributed by atoms with Gasteiger partial charge in [-0.25, -0.2) is 0 Å². The number of benzene rings is 2. The van der Waals surface area contributed by atoms with Crippen LogP contribution in [0, 0.1) is 0 Å². The van der Waals surface area contributed by atoms with Gasteiger partial charge >= 0.3 is 0 Å². The van der Waals surface area contributed by atoms with Crippen LogP contribution in [0.2, 0.25) is 0 Å². The van der Waals surface area contributed by atoms with Crippen LogP contribution in [-0.2, 0) is 4.43 Å². The molecule has 79 valence electrons. The molecule has 1 nitrogen and oxygen atoms in total. The van der Waals surface area contributed by atoms with Crippen molar-refractivity contribution in [2.75, 3.05) is 6.61 Å². The van der Waals surface area contributed by atoms with Crippen LogP contribution < -0.4 is 0 Å². The van der Waals surface area contributed by atoms with Crippen molar-refractivity contribution in [1.29, 1.82) is 0 Å². The van der Waals surface area contributed by atoms with Gasteiger partial charge in [-0.2, -0.15) is 0 Å². The predicted molar refractivity (Wildman–Crippen MR) is 66.4 cm³/mol. The van der Waals surface area contributed by atoms with Crippen LogP contribution in [0.1, 0.15) is 17.0 Å². The first kappa shape index (κ1) is 11.1. The third kappa shape index (κ3) is 2.59. The molecule has 0 aliphatic heterocycles. The molecule has 2 aromatic rings. The van der Waals surface area contributed by atoms with Crippen LogP contribution in [0.25, 0.3) is 0 Å². The summed E-state index contributed by atoms with van der Waals surface area (Å²) in [4.78, 5) is 0. The molecule has 0 saturated carbocycles. The monoisotopic (exact) mass is 225 g/mol. The highest BCUT2D eigenvalue weighted by molar-refractivity contribution is 5.98. The summed E-state index contributed by atoms with van der Waals surface area (Å²) < 4.78 is 5.12. The summed E-state index contributed by atoms with van der Waals surface area (Å²) in [5.41, 5.74) is 2.54. The van der Waals surface area contributed by atoms with Gasteiger partial charge in [0, 0.05) is 12.5 Å². The Morgan fingerprint density at radius 3 is 1.62 bits per heavy atom. The van der Waals surface area contributed by atoms with E-state index in [9.17, 15) is 0 Å². The van der Waals surface area contributed by atoms with Crippen LogP contribution in [0.4, 0.5) is 0 Å². The fourth-order valence-corrected chi connectivity index (χ4v) is 2.01. The Labute approximate surface area is 99.6 Å². The molecule has 0 heterocycles. The minimum absolute atomic E-state index is 0.278. The normalized spacial score (nSPS) is 10.6. The Balaban J connectivity index is 2.31. The molecule has 16 heavy (non-hydrogen) atoms. The van der Waals surface area contributed by atoms with Crippen molar-refractivity contribution in [3.63, 3.8) is 0 Å². The molecule has 0 aromatic heterocycles. The second-order valence-electron chi connectivity index (χ2n) is 3.68. The van der Waals surface area contributed by atoms with Crippen LogP contribution in [-0.4, -0.2) is 17.1 Å². The second kappa shape index (κ2) is 5.63. The summed E-state index contributed by atoms with van der Waals surface area (Å²) in [5.74, 6) is 0.278. The smallest absolute Gasteiger partial charge is 0.246 e. The number of hydrogen-bond donors (Lipinski definition) is 0. The predicted octanol–water partition coefficient (Wildman–Crippen LogP) is 2.92. The summed E-state index contributed by atoms with van der Waals surface area (Å²) in [6.07, 6.45) is 0. The average Bonchev–Trinajstić information content (AvgIpc) is 2.38. The standard InChI is InChI=1S/C14H13OSi/c16-15-11-14(12-7-3-1-4-8-12)13-9-5-2-6-10-13/h1-10,14H,11H2. The third-order valence-electron chi connectivity index (χ3n) is 2.65. The summed E-state index contributed by atoms with van der Waals surface area (Å²) in [6, 6.07) is 20.8. The zero-order chi connectivity index (χ0) is 11.2. The summed E-state index contributed by atoms with van der Waals surface area (Å²) >= 11 is 0. The van der Waals surface area contributed by atoms with Crippen molar-refractivity contribution in [2.24, 2.45) is 0 Å². The van der Waals surface area contributed by atoms with Crippen molar-refractivity contribution in [1.82, 2.24) is 0 Å². The molecule has 0 atom stereocenters. The maximum atomic E-state index is 5.12. The zero-order valence-corrected chi connectivity index (χ0v) is 9.97. The molecule has 0 unspecified atom stereocenters. The highest BCUT2D eigenvalue weighted by atomic mass is 28.2. The molecule has 0 bridgehead atoms. The van der Waals surface area contributed by atoms with Crippen molar-refractivity contribution in [3.05, 3.63) is 71.8 Å². The second-order valence-corrected chi connectivity index (χ2v) is 3.97. The molecule has 0 fully saturated rings. The molecular formula is C14H13OSi. The van der Waals surface area contributed by atoms with Crippen molar-refractivity contribution in [3.8, 4) is 0 Å². The summed E-state index contributed by atoms with van der Waals surface area (Å²) in [7, 11) is 3.09. The highest BCUT2D eigenvalue weighted by Crippen LogP contribution is 2.24. The Hall–Kier alpha value is -1.38. The topological polar surface area (TPSA) is 9.23 Å². The SMILES string of the molecule is [Si]OCC(c1ccccc1)c1ccccc1. The lowest BCUT2D eigenvalue weighted by Gasteiger charge is -2.16. The van der Waals surface area contributed by atoms with E-state index < -0.39 is 0 Å². The lowest BCUT2D eigenvalue weighted by Crippen LogP contribution is -2.08. The van der Waals surface area contributed by atoms with Crippen molar-refractivity contribution < 1.29 is 4.43 Å². The van der Waals surface area contributed by atoms with E-state index in [2.05, 4.69) is 59.0 Å². The van der Waals surface area contributed by atoms with E-state index in [0.29, 0.717) is 6.61 Å². The van der Waals surface area contributed by atoms with E-state index in [4.69, 9.17) is 4.43 Å². The first-order valence-electron chi connectivity index (χ1n) is 5.30. The largest absolute Gasteiger partial charge is 0.418 e. The molecule has 0 amide bonds. The summed E-state index contributed by atoms with van der Waals surface area (Å²) in [6.45, 7) is 0.630. The van der Waals surface area contributed by atoms with Crippen LogP contribution in [0.5, 0.6) is 0 Å². The molecule has 2 aromatic carbocycles. The molecular weight excluding hydrogens is 212 g/mol. The fraction of sp³-hybridized carbons (Fsp3) is 0.143. The Bertz CT molecular complexity index is 374. The van der Waals surface area contributed by atoms with E-state index in [1.165, 1.54) is 11.1 Å². The van der Waals surface area contributed by atoms with E-state index in [0.717, 1.165) is 0 Å². The van der Waals surface area contributed by atoms with Gasteiger partial charge in [0.15, 0.2) is 0 Å². The van der Waals surface area contributed by atoms with Gasteiger partial charge in [-0.05, 0) is 11.1 Å². The Kier molecular flexibility index (Phi) is 3.91. The molecule has 0 saturated heterocycles. The maximum Gasteiger partial charge on any atom is 0.246 e. The van der Waals surface area contributed by atoms with Crippen LogP contribution in [0.3, 0.4) is 0 Å². The molecule has 3 radical (unpaired) electrons. The van der Waals surface area contributed by atoms with E-state index in [1.54, 1.807) is 0 Å². The van der Waals surface area contributed by atoms with Gasteiger partial charge in [-0.15, -0.1) is 0 Å². The number of hydrogen-bond acceptors (Lipinski definition) is 1. The number of rotatable bonds is 4. The third-order valence-corrected chi connectivity index (χ3v) is 2.82. The van der Waals surface area contributed by atoms with Crippen LogP contribution in [0.15, 0.2) is 60.7 Å². The quantitative estimate of drug-likeness (QED) is 0.727. The lowest BCUT2D eigenvalue weighted by atomic mass is 9.92. The first-order valence-corrected chi connectivity index (χ1v) is 5.71. The van der Waals surface area contributed by atoms with E-state index >= 15 is 0 Å². The van der Waals surface area contributed by atoms with Crippen molar-refractivity contribution in [2.45, 2.75) is 5.92 Å². The van der Waals surface area contributed by atoms with Gasteiger partial charge in [0.1, 0.15) is 0 Å². The minimum Gasteiger partial charge on any atom is -0.418 e. The minimum atomic E-state index is 0.278. The fourth-order valence-electron chi connectivity index (χ4n) is 1.84. The van der Waals surface area contributed by atoms with E-state index in [-0.39, 0.29) is 5.92 Å². The van der Waals surface area contributed by atoms with Crippen LogP contribution >= 0.6 is 0 Å². The van der Waals surface area contributed by atoms with Gasteiger partial charge in [0.2, 0.25) is 10.5 Å². The Morgan fingerprint density at radius 2 is 1.25 bits per heavy atom. The Morgan fingerprint density at radius 1 is 0.812 bits per heavy atom. The molecule has 0 aliphatic rings. The van der Waals surface area contributed by atoms with Gasteiger partial charge in [0.25, 0.3) is 0 Å². The summed E-state index contributed by atoms with van der Waals surface area (Å²) in [5, 5.41) is 0. The van der Waals surface area contributed by atoms with Gasteiger partial charge in [0.05, 0.1) is 0 Å². The first-order chi connectivity index (χ1) is 7.92. The van der Waals surface area contributed by atoms with Gasteiger partial charge in [-0.3, -0.25) is 0 Å². The zero-order valence-electron chi connectivity index (χ0n) is 8.97. The molecule has 0 aliphatic carbocycles. The lowest BCUT2D eigenvalue weighted by molar-refractivity contribution is 0.332. The van der Waals surface area contributed by atoms with Gasteiger partial charge in [-0.1, -0.05) is 60.7 Å². The molecule has 2 rings (SSSR count). The molecule has 0 spiro atoms. The molecule has 0 N–H and O–H groups in total. The maximum absolute atomic E-state index is 5.12. The van der Waals surface area contributed by atoms with Crippen molar-refractivity contribution >= 4 is 10.5 Å².